The van der Waals surface area contributed by atoms with E-state index in [4.69, 9.17) is 4.74 Å². The highest BCUT2D eigenvalue weighted by atomic mass is 16.5. The van der Waals surface area contributed by atoms with E-state index in [2.05, 4.69) is 5.32 Å². The van der Waals surface area contributed by atoms with Crippen molar-refractivity contribution >= 4 is 35.1 Å². The van der Waals surface area contributed by atoms with Crippen molar-refractivity contribution in [2.45, 2.75) is 0 Å². The lowest BCUT2D eigenvalue weighted by atomic mass is 10.1. The Morgan fingerprint density at radius 2 is 1.23 bits per heavy atom. The highest BCUT2D eigenvalue weighted by molar-refractivity contribution is 6.34. The number of para-hydroxylation sites is 2. The van der Waals surface area contributed by atoms with E-state index in [1.807, 2.05) is 6.07 Å². The normalized spacial score (nSPS) is 12.3. The van der Waals surface area contributed by atoms with Gasteiger partial charge in [-0.3, -0.25) is 14.4 Å². The lowest BCUT2D eigenvalue weighted by molar-refractivity contribution is 0.0732. The van der Waals surface area contributed by atoms with Crippen molar-refractivity contribution < 1.29 is 23.9 Å². The predicted octanol–water partition coefficient (Wildman–Crippen LogP) is 4.96. The molecule has 0 saturated carbocycles. The fourth-order valence-corrected chi connectivity index (χ4v) is 3.79. The summed E-state index contributed by atoms with van der Waals surface area (Å²) >= 11 is 0. The molecule has 3 amide bonds. The first-order valence-corrected chi connectivity index (χ1v) is 10.8. The van der Waals surface area contributed by atoms with Gasteiger partial charge in [0.1, 0.15) is 5.75 Å². The largest absolute Gasteiger partial charge is 0.422 e. The number of nitrogens with one attached hydrogen (secondary N) is 1. The van der Waals surface area contributed by atoms with Crippen LogP contribution >= 0.6 is 0 Å². The molecule has 0 unspecified atom stereocenters. The van der Waals surface area contributed by atoms with E-state index in [1.165, 1.54) is 30.3 Å². The van der Waals surface area contributed by atoms with Crippen LogP contribution in [0.1, 0.15) is 41.4 Å². The van der Waals surface area contributed by atoms with Gasteiger partial charge in [-0.15, -0.1) is 0 Å². The summed E-state index contributed by atoms with van der Waals surface area (Å²) < 4.78 is 5.50. The first-order chi connectivity index (χ1) is 17.0. The molecule has 35 heavy (non-hydrogen) atoms. The van der Waals surface area contributed by atoms with Gasteiger partial charge in [-0.2, -0.15) is 0 Å². The maximum atomic E-state index is 12.8. The van der Waals surface area contributed by atoms with Crippen molar-refractivity contribution in [2.24, 2.45) is 0 Å². The molecular weight excluding hydrogens is 444 g/mol. The van der Waals surface area contributed by atoms with Crippen LogP contribution in [0.25, 0.3) is 0 Å². The Hall–Kier alpha value is -5.04. The van der Waals surface area contributed by atoms with Crippen LogP contribution in [0.3, 0.4) is 0 Å². The second-order valence-corrected chi connectivity index (χ2v) is 7.74. The highest BCUT2D eigenvalue weighted by Crippen LogP contribution is 2.29. The van der Waals surface area contributed by atoms with E-state index in [0.717, 1.165) is 4.90 Å². The minimum atomic E-state index is -0.682. The summed E-state index contributed by atoms with van der Waals surface area (Å²) in [5, 5.41) is 2.77. The molecule has 1 aliphatic rings. The van der Waals surface area contributed by atoms with Gasteiger partial charge in [0.25, 0.3) is 17.7 Å². The second-order valence-electron chi connectivity index (χ2n) is 7.74. The fourth-order valence-electron chi connectivity index (χ4n) is 3.79. The van der Waals surface area contributed by atoms with Crippen molar-refractivity contribution in [3.05, 3.63) is 125 Å². The quantitative estimate of drug-likeness (QED) is 0.257. The smallest absolute Gasteiger partial charge is 0.343 e. The summed E-state index contributed by atoms with van der Waals surface area (Å²) in [6.07, 6.45) is 0. The van der Waals surface area contributed by atoms with Crippen LogP contribution < -0.4 is 15.0 Å². The molecule has 0 bridgehead atoms. The SMILES string of the molecule is O=C(Oc1ccccc1C(=O)Nc1ccccc1)c1ccc(N2C(=O)c3ccccc3C2=O)cc1. The number of nitrogens with zero attached hydrogens (tertiary/aromatic N) is 1. The third-order valence-corrected chi connectivity index (χ3v) is 5.52. The van der Waals surface area contributed by atoms with Crippen molar-refractivity contribution in [3.63, 3.8) is 0 Å². The van der Waals surface area contributed by atoms with Gasteiger partial charge in [0.15, 0.2) is 0 Å². The first-order valence-electron chi connectivity index (χ1n) is 10.8. The zero-order valence-corrected chi connectivity index (χ0v) is 18.3. The molecule has 1 aliphatic heterocycles. The summed E-state index contributed by atoms with van der Waals surface area (Å²) in [5.74, 6) is -1.83. The standard InChI is InChI=1S/C28H18N2O5/c31-25(29-19-8-2-1-3-9-19)23-12-6-7-13-24(23)35-28(34)18-14-16-20(17-15-18)30-26(32)21-10-4-5-11-22(21)27(30)33/h1-17H,(H,29,31). The Morgan fingerprint density at radius 3 is 1.89 bits per heavy atom. The zero-order chi connectivity index (χ0) is 24.4. The molecule has 4 aromatic carbocycles. The minimum absolute atomic E-state index is 0.107. The van der Waals surface area contributed by atoms with Crippen LogP contribution in [0.5, 0.6) is 5.75 Å². The molecule has 0 spiro atoms. The van der Waals surface area contributed by atoms with Crippen LogP contribution in [-0.4, -0.2) is 23.7 Å². The van der Waals surface area contributed by atoms with Crippen LogP contribution in [0.4, 0.5) is 11.4 Å². The number of hydrogen-bond donors (Lipinski definition) is 1. The predicted molar refractivity (Wildman–Crippen MR) is 130 cm³/mol. The van der Waals surface area contributed by atoms with Crippen molar-refractivity contribution in [3.8, 4) is 5.75 Å². The number of imide groups is 1. The molecule has 0 fully saturated rings. The van der Waals surface area contributed by atoms with Crippen molar-refractivity contribution in [2.75, 3.05) is 10.2 Å². The Bertz CT molecular complexity index is 1430. The summed E-state index contributed by atoms with van der Waals surface area (Å²) in [6, 6.07) is 27.9. The number of ether oxygens (including phenoxy) is 1. The summed E-state index contributed by atoms with van der Waals surface area (Å²) in [7, 11) is 0. The highest BCUT2D eigenvalue weighted by Gasteiger charge is 2.36. The van der Waals surface area contributed by atoms with E-state index >= 15 is 0 Å². The van der Waals surface area contributed by atoms with Gasteiger partial charge in [0.2, 0.25) is 0 Å². The Kier molecular flexibility index (Phi) is 5.65. The number of anilines is 2. The number of hydrogen-bond acceptors (Lipinski definition) is 5. The molecule has 170 valence electrons. The topological polar surface area (TPSA) is 92.8 Å². The Balaban J connectivity index is 1.33. The first kappa shape index (κ1) is 21.8. The lowest BCUT2D eigenvalue weighted by Crippen LogP contribution is -2.29. The molecule has 5 rings (SSSR count). The molecular formula is C28H18N2O5. The summed E-state index contributed by atoms with van der Waals surface area (Å²) in [6.45, 7) is 0. The number of carbonyl (C=O) groups is 4. The van der Waals surface area contributed by atoms with Crippen LogP contribution in [0, 0.1) is 0 Å². The van der Waals surface area contributed by atoms with Crippen molar-refractivity contribution in [1.29, 1.82) is 0 Å². The third kappa shape index (κ3) is 4.18. The average molecular weight is 462 g/mol. The number of rotatable bonds is 5. The van der Waals surface area contributed by atoms with Gasteiger partial charge >= 0.3 is 5.97 Å². The van der Waals surface area contributed by atoms with E-state index in [9.17, 15) is 19.2 Å². The van der Waals surface area contributed by atoms with Crippen LogP contribution in [0.15, 0.2) is 103 Å². The number of esters is 1. The maximum Gasteiger partial charge on any atom is 0.343 e. The molecule has 7 nitrogen and oxygen atoms in total. The number of benzene rings is 4. The Morgan fingerprint density at radius 1 is 0.657 bits per heavy atom. The fraction of sp³-hybridized carbons (Fsp3) is 0. The molecule has 4 aromatic rings. The molecule has 0 atom stereocenters. The minimum Gasteiger partial charge on any atom is -0.422 e. The zero-order valence-electron chi connectivity index (χ0n) is 18.3. The molecule has 0 radical (unpaired) electrons. The van der Waals surface area contributed by atoms with E-state index < -0.39 is 23.7 Å². The average Bonchev–Trinajstić information content (AvgIpc) is 3.15. The molecule has 1 heterocycles. The lowest BCUT2D eigenvalue weighted by Gasteiger charge is -2.14. The molecule has 1 N–H and O–H groups in total. The molecule has 7 heteroatoms. The Labute approximate surface area is 200 Å². The van der Waals surface area contributed by atoms with E-state index in [1.54, 1.807) is 66.7 Å². The summed E-state index contributed by atoms with van der Waals surface area (Å²) in [4.78, 5) is 51.9. The maximum absolute atomic E-state index is 12.8. The van der Waals surface area contributed by atoms with Crippen LogP contribution in [0.2, 0.25) is 0 Å². The molecule has 0 saturated heterocycles. The third-order valence-electron chi connectivity index (χ3n) is 5.52. The summed E-state index contributed by atoms with van der Waals surface area (Å²) in [5.41, 5.74) is 2.03. The number of amides is 3. The van der Waals surface area contributed by atoms with E-state index in [-0.39, 0.29) is 16.9 Å². The molecule has 0 aromatic heterocycles. The van der Waals surface area contributed by atoms with Gasteiger partial charge in [-0.1, -0.05) is 42.5 Å². The monoisotopic (exact) mass is 462 g/mol. The van der Waals surface area contributed by atoms with Gasteiger partial charge in [0.05, 0.1) is 27.9 Å². The van der Waals surface area contributed by atoms with Gasteiger partial charge in [0, 0.05) is 5.69 Å². The second kappa shape index (κ2) is 9.07. The van der Waals surface area contributed by atoms with Crippen molar-refractivity contribution in [1.82, 2.24) is 0 Å². The van der Waals surface area contributed by atoms with Gasteiger partial charge in [-0.25, -0.2) is 9.69 Å². The van der Waals surface area contributed by atoms with E-state index in [0.29, 0.717) is 22.5 Å². The number of fused-ring (bicyclic) bond motifs is 1. The van der Waals surface area contributed by atoms with Crippen LogP contribution in [-0.2, 0) is 0 Å². The number of carbonyl (C=O) groups excluding carboxylic acids is 4. The van der Waals surface area contributed by atoms with Gasteiger partial charge < -0.3 is 10.1 Å². The van der Waals surface area contributed by atoms with Gasteiger partial charge in [-0.05, 0) is 60.7 Å². The molecule has 0 aliphatic carbocycles.